The monoisotopic (exact) mass is 180 g/mol. The summed E-state index contributed by atoms with van der Waals surface area (Å²) in [6.07, 6.45) is 8.93. The molecule has 0 saturated carbocycles. The molecule has 74 valence electrons. The van der Waals surface area contributed by atoms with Gasteiger partial charge in [0.25, 0.3) is 0 Å². The van der Waals surface area contributed by atoms with Crippen LogP contribution in [0.2, 0.25) is 0 Å². The van der Waals surface area contributed by atoms with E-state index >= 15 is 0 Å². The van der Waals surface area contributed by atoms with E-state index in [1.807, 2.05) is 13.0 Å². The average molecular weight is 180 g/mol. The van der Waals surface area contributed by atoms with Gasteiger partial charge in [0.15, 0.2) is 0 Å². The quantitative estimate of drug-likeness (QED) is 0.666. The van der Waals surface area contributed by atoms with Crippen molar-refractivity contribution < 1.29 is 0 Å². The summed E-state index contributed by atoms with van der Waals surface area (Å²) in [4.78, 5) is 0. The van der Waals surface area contributed by atoms with Gasteiger partial charge in [-0.25, -0.2) is 0 Å². The van der Waals surface area contributed by atoms with Crippen molar-refractivity contribution in [3.8, 4) is 0 Å². The van der Waals surface area contributed by atoms with Crippen molar-refractivity contribution in [2.24, 2.45) is 0 Å². The molecule has 0 aliphatic heterocycles. The molecule has 0 unspecified atom stereocenters. The van der Waals surface area contributed by atoms with Crippen molar-refractivity contribution in [2.45, 2.75) is 46.5 Å². The molecule has 0 amide bonds. The number of hydrogen-bond donors (Lipinski definition) is 0. The molecule has 0 aromatic carbocycles. The second kappa shape index (κ2) is 9.17. The van der Waals surface area contributed by atoms with E-state index < -0.39 is 0 Å². The van der Waals surface area contributed by atoms with Crippen LogP contribution >= 0.6 is 0 Å². The van der Waals surface area contributed by atoms with Crippen molar-refractivity contribution in [1.29, 1.82) is 0 Å². The molecule has 0 atom stereocenters. The largest absolute Gasteiger partial charge is 0.159 e. The van der Waals surface area contributed by atoms with Crippen LogP contribution in [-0.4, -0.2) is 10.2 Å². The zero-order valence-corrected chi connectivity index (χ0v) is 8.95. The summed E-state index contributed by atoms with van der Waals surface area (Å²) in [6.45, 7) is 6.44. The van der Waals surface area contributed by atoms with Gasteiger partial charge < -0.3 is 0 Å². The van der Waals surface area contributed by atoms with Gasteiger partial charge in [0.05, 0.1) is 6.20 Å². The Morgan fingerprint density at radius 3 is 1.92 bits per heavy atom. The van der Waals surface area contributed by atoms with Crippen molar-refractivity contribution >= 4 is 0 Å². The van der Waals surface area contributed by atoms with Crippen LogP contribution in [0.3, 0.4) is 0 Å². The third-order valence-electron chi connectivity index (χ3n) is 1.69. The van der Waals surface area contributed by atoms with E-state index in [4.69, 9.17) is 0 Å². The van der Waals surface area contributed by atoms with Gasteiger partial charge in [-0.3, -0.25) is 0 Å². The Bertz CT molecular complexity index is 181. The molecule has 1 aromatic rings. The van der Waals surface area contributed by atoms with Gasteiger partial charge in [-0.2, -0.15) is 10.2 Å². The topological polar surface area (TPSA) is 25.8 Å². The minimum Gasteiger partial charge on any atom is -0.159 e. The number of nitrogens with zero attached hydrogens (tertiary/aromatic N) is 2. The summed E-state index contributed by atoms with van der Waals surface area (Å²) in [5, 5.41) is 7.23. The molecule has 0 aliphatic rings. The van der Waals surface area contributed by atoms with Crippen molar-refractivity contribution in [3.63, 3.8) is 0 Å². The summed E-state index contributed by atoms with van der Waals surface area (Å²) >= 11 is 0. The number of unbranched alkanes of at least 4 members (excludes halogenated alkanes) is 3. The van der Waals surface area contributed by atoms with Gasteiger partial charge in [-0.1, -0.05) is 39.5 Å². The zero-order valence-electron chi connectivity index (χ0n) is 8.95. The van der Waals surface area contributed by atoms with E-state index in [2.05, 4.69) is 24.0 Å². The van der Waals surface area contributed by atoms with E-state index in [0.717, 1.165) is 5.56 Å². The normalized spacial score (nSPS) is 8.85. The lowest BCUT2D eigenvalue weighted by molar-refractivity contribution is 0.702. The molecule has 1 rings (SSSR count). The summed E-state index contributed by atoms with van der Waals surface area (Å²) < 4.78 is 0. The summed E-state index contributed by atoms with van der Waals surface area (Å²) in [5.74, 6) is 0. The minimum atomic E-state index is 1.15. The summed E-state index contributed by atoms with van der Waals surface area (Å²) in [7, 11) is 0. The molecule has 0 saturated heterocycles. The van der Waals surface area contributed by atoms with E-state index in [1.54, 1.807) is 12.4 Å². The Balaban J connectivity index is 0.000000226. The van der Waals surface area contributed by atoms with Crippen LogP contribution in [0.1, 0.15) is 45.1 Å². The fraction of sp³-hybridized carbons (Fsp3) is 0.636. The number of aromatic nitrogens is 2. The molecule has 2 nitrogen and oxygen atoms in total. The van der Waals surface area contributed by atoms with Gasteiger partial charge in [0.1, 0.15) is 0 Å². The second-order valence-corrected chi connectivity index (χ2v) is 3.13. The lowest BCUT2D eigenvalue weighted by atomic mass is 10.2. The van der Waals surface area contributed by atoms with Crippen molar-refractivity contribution in [3.05, 3.63) is 24.0 Å². The van der Waals surface area contributed by atoms with Crippen molar-refractivity contribution in [2.75, 3.05) is 0 Å². The second-order valence-electron chi connectivity index (χ2n) is 3.13. The smallest absolute Gasteiger partial charge is 0.0525 e. The average Bonchev–Trinajstić information content (AvgIpc) is 2.17. The predicted octanol–water partition coefficient (Wildman–Crippen LogP) is 3.37. The molecular weight excluding hydrogens is 160 g/mol. The highest BCUT2D eigenvalue weighted by Crippen LogP contribution is 1.95. The predicted molar refractivity (Wildman–Crippen MR) is 56.6 cm³/mol. The summed E-state index contributed by atoms with van der Waals surface area (Å²) in [6, 6.07) is 1.91. The molecule has 0 radical (unpaired) electrons. The van der Waals surface area contributed by atoms with Gasteiger partial charge in [-0.15, -0.1) is 0 Å². The number of aryl methyl sites for hydroxylation is 1. The molecular formula is C11H20N2. The molecule has 2 heteroatoms. The van der Waals surface area contributed by atoms with Gasteiger partial charge >= 0.3 is 0 Å². The number of hydrogen-bond acceptors (Lipinski definition) is 2. The Morgan fingerprint density at radius 1 is 1.08 bits per heavy atom. The maximum Gasteiger partial charge on any atom is 0.0525 e. The van der Waals surface area contributed by atoms with Crippen LogP contribution in [0, 0.1) is 6.92 Å². The SMILES string of the molecule is CCCCCC.Cc1ccnnc1. The van der Waals surface area contributed by atoms with Crippen LogP contribution in [0.25, 0.3) is 0 Å². The third kappa shape index (κ3) is 8.99. The Kier molecular flexibility index (Phi) is 8.52. The van der Waals surface area contributed by atoms with Crippen LogP contribution in [0.15, 0.2) is 18.5 Å². The van der Waals surface area contributed by atoms with E-state index in [1.165, 1.54) is 25.7 Å². The standard InChI is InChI=1S/C6H14.C5H6N2/c1-3-5-6-4-2;1-5-2-3-6-7-4-5/h3-6H2,1-2H3;2-4H,1H3. The fourth-order valence-corrected chi connectivity index (χ4v) is 0.857. The minimum absolute atomic E-state index is 1.15. The molecule has 1 aromatic heterocycles. The van der Waals surface area contributed by atoms with E-state index in [0.29, 0.717) is 0 Å². The molecule has 0 spiro atoms. The maximum absolute atomic E-state index is 3.63. The van der Waals surface area contributed by atoms with E-state index in [9.17, 15) is 0 Å². The first-order chi connectivity index (χ1) is 6.31. The Hall–Kier alpha value is -0.920. The highest BCUT2D eigenvalue weighted by Gasteiger charge is 1.75. The Labute approximate surface area is 81.4 Å². The first-order valence-corrected chi connectivity index (χ1v) is 5.04. The highest BCUT2D eigenvalue weighted by atomic mass is 15.1. The van der Waals surface area contributed by atoms with Crippen LogP contribution < -0.4 is 0 Å². The van der Waals surface area contributed by atoms with Crippen LogP contribution in [0.5, 0.6) is 0 Å². The molecule has 1 heterocycles. The van der Waals surface area contributed by atoms with Crippen LogP contribution in [-0.2, 0) is 0 Å². The summed E-state index contributed by atoms with van der Waals surface area (Å²) in [5.41, 5.74) is 1.15. The highest BCUT2D eigenvalue weighted by molar-refractivity contribution is 5.00. The van der Waals surface area contributed by atoms with Gasteiger partial charge in [0.2, 0.25) is 0 Å². The first-order valence-electron chi connectivity index (χ1n) is 5.04. The molecule has 13 heavy (non-hydrogen) atoms. The fourth-order valence-electron chi connectivity index (χ4n) is 0.857. The lowest BCUT2D eigenvalue weighted by Gasteiger charge is -1.86. The molecule has 0 fully saturated rings. The van der Waals surface area contributed by atoms with Gasteiger partial charge in [0, 0.05) is 6.20 Å². The van der Waals surface area contributed by atoms with E-state index in [-0.39, 0.29) is 0 Å². The van der Waals surface area contributed by atoms with Gasteiger partial charge in [-0.05, 0) is 18.6 Å². The number of rotatable bonds is 3. The molecule has 0 aliphatic carbocycles. The third-order valence-corrected chi connectivity index (χ3v) is 1.69. The molecule has 0 N–H and O–H groups in total. The zero-order chi connectivity index (χ0) is 9.94. The first kappa shape index (κ1) is 12.1. The van der Waals surface area contributed by atoms with Crippen LogP contribution in [0.4, 0.5) is 0 Å². The molecule has 0 bridgehead atoms. The maximum atomic E-state index is 3.63. The Morgan fingerprint density at radius 2 is 1.69 bits per heavy atom. The van der Waals surface area contributed by atoms with Crippen molar-refractivity contribution in [1.82, 2.24) is 10.2 Å². The lowest BCUT2D eigenvalue weighted by Crippen LogP contribution is -1.76.